The minimum absolute atomic E-state index is 0.0298. The van der Waals surface area contributed by atoms with Gasteiger partial charge in [-0.3, -0.25) is 9.69 Å². The summed E-state index contributed by atoms with van der Waals surface area (Å²) in [7, 11) is 0. The lowest BCUT2D eigenvalue weighted by Gasteiger charge is -2.45. The fourth-order valence-electron chi connectivity index (χ4n) is 5.82. The van der Waals surface area contributed by atoms with Crippen molar-refractivity contribution < 1.29 is 9.18 Å². The Morgan fingerprint density at radius 2 is 1.73 bits per heavy atom. The van der Waals surface area contributed by atoms with Crippen LogP contribution in [-0.4, -0.2) is 36.1 Å². The van der Waals surface area contributed by atoms with Crippen molar-refractivity contribution in [3.63, 3.8) is 0 Å². The summed E-state index contributed by atoms with van der Waals surface area (Å²) in [6.07, 6.45) is 2.43. The summed E-state index contributed by atoms with van der Waals surface area (Å²) >= 11 is 0. The van der Waals surface area contributed by atoms with Crippen molar-refractivity contribution in [1.29, 1.82) is 0 Å². The largest absolute Gasteiger partial charge is 0.337 e. The molecule has 1 aliphatic carbocycles. The maximum Gasteiger partial charge on any atom is 0.247 e. The first-order chi connectivity index (χ1) is 14.7. The molecule has 5 heteroatoms. The molecule has 2 saturated heterocycles. The van der Waals surface area contributed by atoms with Gasteiger partial charge in [-0.15, -0.1) is 0 Å². The number of piperidine rings is 1. The van der Waals surface area contributed by atoms with Crippen LogP contribution >= 0.6 is 0 Å². The minimum Gasteiger partial charge on any atom is -0.337 e. The number of likely N-dealkylation sites (tertiary alicyclic amines) is 1. The maximum absolute atomic E-state index is 14.5. The minimum atomic E-state index is -0.657. The van der Waals surface area contributed by atoms with Crippen molar-refractivity contribution in [2.45, 2.75) is 30.8 Å². The molecule has 4 nitrogen and oxygen atoms in total. The molecule has 152 valence electrons. The Kier molecular flexibility index (Phi) is 3.90. The van der Waals surface area contributed by atoms with Gasteiger partial charge in [0.2, 0.25) is 5.91 Å². The van der Waals surface area contributed by atoms with Crippen LogP contribution in [0.2, 0.25) is 0 Å². The molecule has 1 spiro atoms. The van der Waals surface area contributed by atoms with Gasteiger partial charge in [0, 0.05) is 19.1 Å². The summed E-state index contributed by atoms with van der Waals surface area (Å²) < 4.78 is 14.5. The van der Waals surface area contributed by atoms with E-state index in [1.165, 1.54) is 28.0 Å². The number of amides is 1. The van der Waals surface area contributed by atoms with Crippen molar-refractivity contribution in [3.05, 3.63) is 77.6 Å². The number of anilines is 1. The molecule has 2 fully saturated rings. The number of para-hydroxylation sites is 1. The smallest absolute Gasteiger partial charge is 0.247 e. The number of nitrogens with one attached hydrogen (secondary N) is 1. The first-order valence-corrected chi connectivity index (χ1v) is 10.7. The Morgan fingerprint density at radius 1 is 0.967 bits per heavy atom. The summed E-state index contributed by atoms with van der Waals surface area (Å²) in [5, 5.41) is 5.68. The van der Waals surface area contributed by atoms with Crippen LogP contribution in [0, 0.1) is 5.82 Å². The summed E-state index contributed by atoms with van der Waals surface area (Å²) in [6, 6.07) is 20.3. The van der Waals surface area contributed by atoms with Crippen molar-refractivity contribution in [2.24, 2.45) is 0 Å². The highest BCUT2D eigenvalue weighted by Gasteiger charge is 2.51. The Morgan fingerprint density at radius 3 is 2.53 bits per heavy atom. The van der Waals surface area contributed by atoms with Crippen molar-refractivity contribution in [1.82, 2.24) is 10.2 Å². The Balaban J connectivity index is 1.28. The lowest BCUT2D eigenvalue weighted by atomic mass is 9.84. The number of halogens is 1. The van der Waals surface area contributed by atoms with Gasteiger partial charge >= 0.3 is 0 Å². The second-order valence-electron chi connectivity index (χ2n) is 8.69. The summed E-state index contributed by atoms with van der Waals surface area (Å²) in [5.74, 6) is -0.240. The molecule has 2 heterocycles. The van der Waals surface area contributed by atoms with E-state index in [4.69, 9.17) is 0 Å². The van der Waals surface area contributed by atoms with E-state index in [1.54, 1.807) is 12.1 Å². The molecular weight excluding hydrogens is 377 g/mol. The van der Waals surface area contributed by atoms with Gasteiger partial charge in [-0.2, -0.15) is 0 Å². The first-order valence-electron chi connectivity index (χ1n) is 10.7. The zero-order valence-corrected chi connectivity index (χ0v) is 16.8. The first kappa shape index (κ1) is 17.9. The number of rotatable bonds is 2. The quantitative estimate of drug-likeness (QED) is 0.705. The summed E-state index contributed by atoms with van der Waals surface area (Å²) in [4.78, 5) is 17.4. The van der Waals surface area contributed by atoms with Crippen molar-refractivity contribution in [2.75, 3.05) is 24.7 Å². The Labute approximate surface area is 175 Å². The lowest BCUT2D eigenvalue weighted by Crippen LogP contribution is -2.57. The van der Waals surface area contributed by atoms with Gasteiger partial charge < -0.3 is 10.2 Å². The molecule has 0 aromatic heterocycles. The number of carbonyl (C=O) groups is 1. The molecule has 0 bridgehead atoms. The third kappa shape index (κ3) is 2.45. The zero-order valence-electron chi connectivity index (χ0n) is 16.8. The average Bonchev–Trinajstić information content (AvgIpc) is 3.30. The van der Waals surface area contributed by atoms with Crippen LogP contribution in [0.3, 0.4) is 0 Å². The SMILES string of the molecule is O=C1NCN(c2ccccc2F)C12CCN(C1Cc3cccc4cccc1c34)CC2. The Hall–Kier alpha value is -2.92. The van der Waals surface area contributed by atoms with E-state index in [2.05, 4.69) is 46.6 Å². The second kappa shape index (κ2) is 6.54. The highest BCUT2D eigenvalue weighted by molar-refractivity contribution is 5.94. The number of nitrogens with zero attached hydrogens (tertiary/aromatic N) is 2. The monoisotopic (exact) mass is 401 g/mol. The highest BCUT2D eigenvalue weighted by Crippen LogP contribution is 2.44. The van der Waals surface area contributed by atoms with Crippen LogP contribution in [0.25, 0.3) is 10.8 Å². The number of hydrogen-bond donors (Lipinski definition) is 1. The molecule has 3 aromatic carbocycles. The molecule has 6 rings (SSSR count). The molecule has 2 aliphatic heterocycles. The van der Waals surface area contributed by atoms with Crippen LogP contribution in [-0.2, 0) is 11.2 Å². The molecule has 1 N–H and O–H groups in total. The summed E-state index contributed by atoms with van der Waals surface area (Å²) in [6.45, 7) is 2.02. The van der Waals surface area contributed by atoms with Crippen LogP contribution in [0.1, 0.15) is 30.0 Å². The third-order valence-corrected chi connectivity index (χ3v) is 7.34. The van der Waals surface area contributed by atoms with Crippen LogP contribution in [0.15, 0.2) is 60.7 Å². The van der Waals surface area contributed by atoms with E-state index in [1.807, 2.05) is 11.0 Å². The predicted molar refractivity (Wildman–Crippen MR) is 116 cm³/mol. The number of hydrogen-bond acceptors (Lipinski definition) is 3. The van der Waals surface area contributed by atoms with Gasteiger partial charge in [0.15, 0.2) is 0 Å². The molecule has 1 unspecified atom stereocenters. The van der Waals surface area contributed by atoms with E-state index in [-0.39, 0.29) is 11.7 Å². The maximum atomic E-state index is 14.5. The number of carbonyl (C=O) groups excluding carboxylic acids is 1. The van der Waals surface area contributed by atoms with E-state index in [0.29, 0.717) is 31.2 Å². The van der Waals surface area contributed by atoms with Crippen LogP contribution in [0.4, 0.5) is 10.1 Å². The Bertz CT molecular complexity index is 1150. The highest BCUT2D eigenvalue weighted by atomic mass is 19.1. The molecule has 1 atom stereocenters. The molecule has 0 radical (unpaired) electrons. The van der Waals surface area contributed by atoms with Crippen LogP contribution in [0.5, 0.6) is 0 Å². The van der Waals surface area contributed by atoms with Crippen molar-refractivity contribution in [3.8, 4) is 0 Å². The predicted octanol–water partition coefficient (Wildman–Crippen LogP) is 4.00. The molecule has 3 aromatic rings. The van der Waals surface area contributed by atoms with E-state index < -0.39 is 5.54 Å². The fraction of sp³-hybridized carbons (Fsp3) is 0.320. The lowest BCUT2D eigenvalue weighted by molar-refractivity contribution is -0.125. The van der Waals surface area contributed by atoms with Gasteiger partial charge in [0.05, 0.1) is 12.4 Å². The normalized spacial score (nSPS) is 22.8. The van der Waals surface area contributed by atoms with E-state index in [0.717, 1.165) is 19.5 Å². The number of benzene rings is 3. The van der Waals surface area contributed by atoms with E-state index >= 15 is 0 Å². The van der Waals surface area contributed by atoms with Gasteiger partial charge in [0.1, 0.15) is 11.4 Å². The topological polar surface area (TPSA) is 35.6 Å². The molecule has 1 amide bonds. The standard InChI is InChI=1S/C25H24FN3O/c26-20-9-1-2-10-21(20)29-16-27-24(30)25(29)11-13-28(14-12-25)22-15-18-7-3-5-17-6-4-8-19(22)23(17)18/h1-10,22H,11-16H2,(H,27,30). The molecular formula is C25H24FN3O. The third-order valence-electron chi connectivity index (χ3n) is 7.34. The zero-order chi connectivity index (χ0) is 20.3. The van der Waals surface area contributed by atoms with E-state index in [9.17, 15) is 9.18 Å². The van der Waals surface area contributed by atoms with Crippen molar-refractivity contribution >= 4 is 22.4 Å². The average molecular weight is 401 g/mol. The molecule has 3 aliphatic rings. The molecule has 0 saturated carbocycles. The summed E-state index contributed by atoms with van der Waals surface area (Å²) in [5.41, 5.74) is 2.68. The fourth-order valence-corrected chi connectivity index (χ4v) is 5.82. The molecule has 30 heavy (non-hydrogen) atoms. The second-order valence-corrected chi connectivity index (χ2v) is 8.69. The van der Waals surface area contributed by atoms with Gasteiger partial charge in [0.25, 0.3) is 0 Å². The van der Waals surface area contributed by atoms with Gasteiger partial charge in [-0.05, 0) is 53.3 Å². The van der Waals surface area contributed by atoms with Gasteiger partial charge in [-0.1, -0.05) is 48.5 Å². The van der Waals surface area contributed by atoms with Gasteiger partial charge in [-0.25, -0.2) is 4.39 Å². The van der Waals surface area contributed by atoms with Crippen LogP contribution < -0.4 is 10.2 Å².